The fraction of sp³-hybridized carbons (Fsp3) is 0.312. The van der Waals surface area contributed by atoms with Gasteiger partial charge in [0.05, 0.1) is 28.9 Å². The normalized spacial score (nSPS) is 12.0. The van der Waals surface area contributed by atoms with Gasteiger partial charge in [0, 0.05) is 13.2 Å². The largest absolute Gasteiger partial charge is 0.497 e. The number of rotatable bonds is 8. The van der Waals surface area contributed by atoms with Crippen LogP contribution in [0.25, 0.3) is 10.2 Å². The van der Waals surface area contributed by atoms with E-state index in [1.807, 2.05) is 19.1 Å². The van der Waals surface area contributed by atoms with Crippen molar-refractivity contribution in [3.8, 4) is 5.75 Å². The van der Waals surface area contributed by atoms with E-state index in [-0.39, 0.29) is 23.4 Å². The van der Waals surface area contributed by atoms with Crippen molar-refractivity contribution in [1.29, 1.82) is 0 Å². The Morgan fingerprint density at radius 1 is 1.30 bits per heavy atom. The van der Waals surface area contributed by atoms with Gasteiger partial charge in [0.1, 0.15) is 12.1 Å². The summed E-state index contributed by atoms with van der Waals surface area (Å²) in [6.07, 6.45) is 1.26. The molecule has 2 N–H and O–H groups in total. The smallest absolute Gasteiger partial charge is 0.353 e. The van der Waals surface area contributed by atoms with Crippen LogP contribution in [0.5, 0.6) is 5.75 Å². The number of thiazole rings is 1. The van der Waals surface area contributed by atoms with Crippen LogP contribution in [0.15, 0.2) is 24.5 Å². The predicted molar refractivity (Wildman–Crippen MR) is 103 cm³/mol. The molecule has 27 heavy (non-hydrogen) atoms. The molecule has 0 saturated heterocycles. The number of ether oxygens (including phenoxy) is 2. The van der Waals surface area contributed by atoms with Gasteiger partial charge in [0.25, 0.3) is 0 Å². The van der Waals surface area contributed by atoms with Gasteiger partial charge in [-0.25, -0.2) is 15.0 Å². The number of fused-ring (bicyclic) bond motifs is 1. The Morgan fingerprint density at radius 2 is 2.07 bits per heavy atom. The molecule has 11 heteroatoms. The fourth-order valence-corrected chi connectivity index (χ4v) is 3.35. The van der Waals surface area contributed by atoms with E-state index in [9.17, 15) is 10.1 Å². The van der Waals surface area contributed by atoms with Gasteiger partial charge in [-0.05, 0) is 25.1 Å². The summed E-state index contributed by atoms with van der Waals surface area (Å²) in [5.74, 6) is 0.891. The lowest BCUT2D eigenvalue weighted by molar-refractivity contribution is -0.383. The van der Waals surface area contributed by atoms with Gasteiger partial charge in [0.2, 0.25) is 11.6 Å². The van der Waals surface area contributed by atoms with Gasteiger partial charge < -0.3 is 20.1 Å². The molecule has 0 saturated carbocycles. The number of anilines is 3. The van der Waals surface area contributed by atoms with Crippen LogP contribution in [-0.4, -0.2) is 46.7 Å². The van der Waals surface area contributed by atoms with E-state index in [0.29, 0.717) is 17.5 Å². The quantitative estimate of drug-likeness (QED) is 0.440. The zero-order valence-electron chi connectivity index (χ0n) is 14.9. The Balaban J connectivity index is 1.93. The van der Waals surface area contributed by atoms with Crippen molar-refractivity contribution in [1.82, 2.24) is 15.0 Å². The number of hydrogen-bond acceptors (Lipinski definition) is 10. The van der Waals surface area contributed by atoms with Gasteiger partial charge in [-0.2, -0.15) is 0 Å². The molecule has 10 nitrogen and oxygen atoms in total. The summed E-state index contributed by atoms with van der Waals surface area (Å²) < 4.78 is 11.1. The van der Waals surface area contributed by atoms with Crippen molar-refractivity contribution in [2.45, 2.75) is 13.0 Å². The van der Waals surface area contributed by atoms with E-state index in [2.05, 4.69) is 25.6 Å². The molecule has 2 heterocycles. The maximum absolute atomic E-state index is 11.6. The van der Waals surface area contributed by atoms with Crippen LogP contribution < -0.4 is 15.4 Å². The van der Waals surface area contributed by atoms with Crippen LogP contribution in [0, 0.1) is 10.1 Å². The summed E-state index contributed by atoms with van der Waals surface area (Å²) in [6.45, 7) is 2.22. The third-order valence-corrected chi connectivity index (χ3v) is 4.56. The number of nitrogens with zero attached hydrogens (tertiary/aromatic N) is 4. The molecule has 0 fully saturated rings. The summed E-state index contributed by atoms with van der Waals surface area (Å²) in [4.78, 5) is 23.5. The lowest BCUT2D eigenvalue weighted by Gasteiger charge is -2.14. The lowest BCUT2D eigenvalue weighted by atomic mass is 10.3. The molecule has 0 radical (unpaired) electrons. The first-order valence-electron chi connectivity index (χ1n) is 7.98. The summed E-state index contributed by atoms with van der Waals surface area (Å²) in [5, 5.41) is 18.0. The minimum atomic E-state index is -0.527. The molecule has 2 aromatic heterocycles. The molecule has 0 aliphatic carbocycles. The van der Waals surface area contributed by atoms with Crippen LogP contribution in [-0.2, 0) is 4.74 Å². The number of methoxy groups -OCH3 is 2. The molecule has 1 unspecified atom stereocenters. The van der Waals surface area contributed by atoms with E-state index >= 15 is 0 Å². The first-order chi connectivity index (χ1) is 13.0. The Kier molecular flexibility index (Phi) is 5.62. The highest BCUT2D eigenvalue weighted by Crippen LogP contribution is 2.35. The Bertz CT molecular complexity index is 963. The van der Waals surface area contributed by atoms with Gasteiger partial charge in [-0.3, -0.25) is 10.1 Å². The van der Waals surface area contributed by atoms with E-state index < -0.39 is 4.92 Å². The standard InChI is InChI=1S/C16H18N6O4S/c1-9(7-25-2)19-14-13(22(23)24)15(18-8-17-14)21-16-20-11-5-4-10(26-3)6-12(11)27-16/h4-6,8-9H,7H2,1-3H3,(H2,17,18,19,20,21). The van der Waals surface area contributed by atoms with Gasteiger partial charge >= 0.3 is 5.69 Å². The van der Waals surface area contributed by atoms with E-state index in [4.69, 9.17) is 9.47 Å². The maximum atomic E-state index is 11.6. The second kappa shape index (κ2) is 8.10. The topological polar surface area (TPSA) is 124 Å². The first-order valence-corrected chi connectivity index (χ1v) is 8.80. The van der Waals surface area contributed by atoms with E-state index in [1.165, 1.54) is 17.7 Å². The molecule has 0 aliphatic rings. The second-order valence-electron chi connectivity index (χ2n) is 5.65. The van der Waals surface area contributed by atoms with Crippen molar-refractivity contribution in [3.63, 3.8) is 0 Å². The maximum Gasteiger partial charge on any atom is 0.353 e. The zero-order chi connectivity index (χ0) is 19.4. The monoisotopic (exact) mass is 390 g/mol. The highest BCUT2D eigenvalue weighted by atomic mass is 32.1. The number of aromatic nitrogens is 3. The van der Waals surface area contributed by atoms with E-state index in [1.54, 1.807) is 20.3 Å². The van der Waals surface area contributed by atoms with Gasteiger partial charge in [-0.15, -0.1) is 0 Å². The molecule has 0 bridgehead atoms. The zero-order valence-corrected chi connectivity index (χ0v) is 15.7. The van der Waals surface area contributed by atoms with Crippen LogP contribution in [0.4, 0.5) is 22.5 Å². The fourth-order valence-electron chi connectivity index (χ4n) is 2.46. The summed E-state index contributed by atoms with van der Waals surface area (Å²) in [7, 11) is 3.15. The Hall–Kier alpha value is -3.05. The van der Waals surface area contributed by atoms with Crippen LogP contribution in [0.2, 0.25) is 0 Å². The highest BCUT2D eigenvalue weighted by molar-refractivity contribution is 7.22. The minimum Gasteiger partial charge on any atom is -0.497 e. The molecular formula is C16H18N6O4S. The van der Waals surface area contributed by atoms with Crippen molar-refractivity contribution in [2.24, 2.45) is 0 Å². The van der Waals surface area contributed by atoms with Crippen LogP contribution in [0.1, 0.15) is 6.92 Å². The number of nitrogens with one attached hydrogen (secondary N) is 2. The molecule has 1 atom stereocenters. The predicted octanol–water partition coefficient (Wildman–Crippen LogP) is 3.19. The number of benzene rings is 1. The van der Waals surface area contributed by atoms with Gasteiger partial charge in [-0.1, -0.05) is 11.3 Å². The molecule has 3 aromatic rings. The van der Waals surface area contributed by atoms with Crippen LogP contribution in [0.3, 0.4) is 0 Å². The van der Waals surface area contributed by atoms with Crippen LogP contribution >= 0.6 is 11.3 Å². The summed E-state index contributed by atoms with van der Waals surface area (Å²) in [6, 6.07) is 5.32. The number of nitro groups is 1. The average Bonchev–Trinajstić information content (AvgIpc) is 3.03. The average molecular weight is 390 g/mol. The number of hydrogen-bond donors (Lipinski definition) is 2. The molecule has 1 aromatic carbocycles. The SMILES string of the molecule is COCC(C)Nc1ncnc(Nc2nc3ccc(OC)cc3s2)c1[N+](=O)[O-]. The molecule has 3 rings (SSSR count). The molecular weight excluding hydrogens is 372 g/mol. The van der Waals surface area contributed by atoms with Crippen molar-refractivity contribution >= 4 is 44.0 Å². The van der Waals surface area contributed by atoms with E-state index in [0.717, 1.165) is 10.2 Å². The summed E-state index contributed by atoms with van der Waals surface area (Å²) >= 11 is 1.34. The minimum absolute atomic E-state index is 0.0631. The Labute approximate surface area is 158 Å². The molecule has 142 valence electrons. The lowest BCUT2D eigenvalue weighted by Crippen LogP contribution is -2.22. The highest BCUT2D eigenvalue weighted by Gasteiger charge is 2.25. The molecule has 0 amide bonds. The Morgan fingerprint density at radius 3 is 2.78 bits per heavy atom. The second-order valence-corrected chi connectivity index (χ2v) is 6.69. The molecule has 0 aliphatic heterocycles. The van der Waals surface area contributed by atoms with Crippen molar-refractivity contribution in [3.05, 3.63) is 34.6 Å². The van der Waals surface area contributed by atoms with Crippen molar-refractivity contribution < 1.29 is 14.4 Å². The van der Waals surface area contributed by atoms with Gasteiger partial charge in [0.15, 0.2) is 5.13 Å². The first kappa shape index (κ1) is 18.7. The third kappa shape index (κ3) is 4.20. The third-order valence-electron chi connectivity index (χ3n) is 3.63. The molecule has 0 spiro atoms. The summed E-state index contributed by atoms with van der Waals surface area (Å²) in [5.41, 5.74) is 0.504. The van der Waals surface area contributed by atoms with Crippen molar-refractivity contribution in [2.75, 3.05) is 31.5 Å².